The van der Waals surface area contributed by atoms with E-state index in [1.807, 2.05) is 0 Å². The second-order valence-electron chi connectivity index (χ2n) is 9.09. The molecule has 1 aromatic heterocycles. The third-order valence-corrected chi connectivity index (χ3v) is 8.18. The van der Waals surface area contributed by atoms with Gasteiger partial charge >= 0.3 is 12.1 Å². The SMILES string of the molecule is COc1cc(F)c(Cl)cc1-c1cc(C)ncc1N(C)C(=O)c1cc(C(F)(F)F)cc(S(=O)(=O)CCCCC(=O)O)c1. The maximum Gasteiger partial charge on any atom is 0.416 e. The number of anilines is 1. The van der Waals surface area contributed by atoms with Gasteiger partial charge in [-0.05, 0) is 50.1 Å². The van der Waals surface area contributed by atoms with Crippen molar-refractivity contribution in [1.82, 2.24) is 4.98 Å². The molecule has 0 radical (unpaired) electrons. The lowest BCUT2D eigenvalue weighted by molar-refractivity contribution is -0.138. The first kappa shape index (κ1) is 31.8. The van der Waals surface area contributed by atoms with Gasteiger partial charge in [0.1, 0.15) is 11.6 Å². The molecule has 3 aromatic rings. The van der Waals surface area contributed by atoms with Gasteiger partial charge in [-0.2, -0.15) is 13.2 Å². The third-order valence-electron chi connectivity index (χ3n) is 6.11. The number of carboxylic acid groups (broad SMARTS) is 1. The molecule has 8 nitrogen and oxygen atoms in total. The Morgan fingerprint density at radius 2 is 1.76 bits per heavy atom. The smallest absolute Gasteiger partial charge is 0.416 e. The van der Waals surface area contributed by atoms with Crippen LogP contribution in [0.3, 0.4) is 0 Å². The molecular formula is C27H25ClF4N2O6S. The largest absolute Gasteiger partial charge is 0.496 e. The molecule has 0 saturated carbocycles. The van der Waals surface area contributed by atoms with Crippen molar-refractivity contribution < 1.29 is 45.4 Å². The number of carbonyl (C=O) groups excluding carboxylic acids is 1. The van der Waals surface area contributed by atoms with Crippen LogP contribution in [0.1, 0.15) is 40.9 Å². The lowest BCUT2D eigenvalue weighted by atomic mass is 10.0. The number of hydrogen-bond donors (Lipinski definition) is 1. The van der Waals surface area contributed by atoms with Crippen molar-refractivity contribution in [2.45, 2.75) is 37.3 Å². The van der Waals surface area contributed by atoms with Crippen LogP contribution in [0.15, 0.2) is 47.5 Å². The fourth-order valence-electron chi connectivity index (χ4n) is 4.00. The van der Waals surface area contributed by atoms with Gasteiger partial charge in [0.2, 0.25) is 0 Å². The van der Waals surface area contributed by atoms with Crippen molar-refractivity contribution in [1.29, 1.82) is 0 Å². The molecule has 2 aromatic carbocycles. The van der Waals surface area contributed by atoms with Gasteiger partial charge < -0.3 is 14.7 Å². The molecule has 0 spiro atoms. The number of ether oxygens (including phenoxy) is 1. The van der Waals surface area contributed by atoms with E-state index < -0.39 is 55.5 Å². The highest BCUT2D eigenvalue weighted by atomic mass is 35.5. The molecule has 0 fully saturated rings. The van der Waals surface area contributed by atoms with Crippen molar-refractivity contribution in [3.8, 4) is 16.9 Å². The van der Waals surface area contributed by atoms with Crippen LogP contribution in [-0.4, -0.2) is 50.3 Å². The normalized spacial score (nSPS) is 11.8. The Hall–Kier alpha value is -3.71. The van der Waals surface area contributed by atoms with E-state index in [1.54, 1.807) is 13.0 Å². The molecule has 0 aliphatic carbocycles. The summed E-state index contributed by atoms with van der Waals surface area (Å²) in [5.74, 6) is -3.43. The Bertz CT molecular complexity index is 1600. The van der Waals surface area contributed by atoms with Gasteiger partial charge in [0.05, 0.1) is 40.2 Å². The molecule has 0 unspecified atom stereocenters. The lowest BCUT2D eigenvalue weighted by Crippen LogP contribution is -2.28. The molecule has 1 heterocycles. The number of unbranched alkanes of at least 4 members (excludes halogenated alkanes) is 1. The van der Waals surface area contributed by atoms with Crippen molar-refractivity contribution in [2.75, 3.05) is 24.8 Å². The van der Waals surface area contributed by atoms with Gasteiger partial charge in [0.25, 0.3) is 5.91 Å². The Morgan fingerprint density at radius 3 is 2.37 bits per heavy atom. The van der Waals surface area contributed by atoms with Gasteiger partial charge in [0, 0.05) is 41.9 Å². The Labute approximate surface area is 238 Å². The Morgan fingerprint density at radius 1 is 1.07 bits per heavy atom. The summed E-state index contributed by atoms with van der Waals surface area (Å²) in [5, 5.41) is 8.50. The van der Waals surface area contributed by atoms with Crippen LogP contribution in [0.2, 0.25) is 5.02 Å². The number of methoxy groups -OCH3 is 1. The number of pyridine rings is 1. The molecule has 1 N–H and O–H groups in total. The summed E-state index contributed by atoms with van der Waals surface area (Å²) in [4.78, 5) is 28.7. The predicted molar refractivity (Wildman–Crippen MR) is 144 cm³/mol. The van der Waals surface area contributed by atoms with Crippen LogP contribution < -0.4 is 9.64 Å². The number of aromatic nitrogens is 1. The van der Waals surface area contributed by atoms with Crippen LogP contribution in [0.4, 0.5) is 23.2 Å². The highest BCUT2D eigenvalue weighted by molar-refractivity contribution is 7.91. The van der Waals surface area contributed by atoms with Crippen LogP contribution in [-0.2, 0) is 20.8 Å². The fraction of sp³-hybridized carbons (Fsp3) is 0.296. The van der Waals surface area contributed by atoms with E-state index in [0.29, 0.717) is 23.4 Å². The molecule has 3 rings (SSSR count). The number of rotatable bonds is 10. The minimum Gasteiger partial charge on any atom is -0.496 e. The molecule has 0 bridgehead atoms. The standard InChI is InChI=1S/C27H25ClF4N2O6S/c1-15-8-19(20-12-21(28)22(29)13-24(20)40-3)23(14-33-15)34(2)26(37)16-9-17(27(30,31)32)11-18(10-16)41(38,39)7-5-4-6-25(35)36/h8-14H,4-7H2,1-3H3,(H,35,36). The molecular weight excluding hydrogens is 592 g/mol. The number of carboxylic acids is 1. The second-order valence-corrected chi connectivity index (χ2v) is 11.6. The predicted octanol–water partition coefficient (Wildman–Crippen LogP) is 6.18. The maximum atomic E-state index is 14.1. The number of halogens is 5. The van der Waals surface area contributed by atoms with Gasteiger partial charge in [-0.15, -0.1) is 0 Å². The zero-order valence-corrected chi connectivity index (χ0v) is 23.6. The summed E-state index contributed by atoms with van der Waals surface area (Å²) < 4.78 is 86.4. The molecule has 0 atom stereocenters. The number of aryl methyl sites for hydroxylation is 1. The second kappa shape index (κ2) is 12.4. The van der Waals surface area contributed by atoms with E-state index >= 15 is 0 Å². The topological polar surface area (TPSA) is 114 Å². The molecule has 1 amide bonds. The molecule has 41 heavy (non-hydrogen) atoms. The first-order chi connectivity index (χ1) is 19.0. The minimum atomic E-state index is -4.97. The number of carbonyl (C=O) groups is 2. The summed E-state index contributed by atoms with van der Waals surface area (Å²) >= 11 is 5.98. The lowest BCUT2D eigenvalue weighted by Gasteiger charge is -2.23. The number of aliphatic carboxylic acids is 1. The average Bonchev–Trinajstić information content (AvgIpc) is 2.90. The highest BCUT2D eigenvalue weighted by Crippen LogP contribution is 2.40. The van der Waals surface area contributed by atoms with E-state index in [-0.39, 0.29) is 41.3 Å². The van der Waals surface area contributed by atoms with Gasteiger partial charge in [0.15, 0.2) is 9.84 Å². The quantitative estimate of drug-likeness (QED) is 0.214. The minimum absolute atomic E-state index is 0.00210. The van der Waals surface area contributed by atoms with E-state index in [4.69, 9.17) is 21.4 Å². The number of sulfone groups is 1. The summed E-state index contributed by atoms with van der Waals surface area (Å²) in [6.45, 7) is 1.65. The summed E-state index contributed by atoms with van der Waals surface area (Å²) in [5.41, 5.74) is -0.769. The van der Waals surface area contributed by atoms with E-state index in [0.717, 1.165) is 17.0 Å². The Balaban J connectivity index is 2.10. The first-order valence-corrected chi connectivity index (χ1v) is 14.0. The number of hydrogen-bond acceptors (Lipinski definition) is 6. The monoisotopic (exact) mass is 616 g/mol. The maximum absolute atomic E-state index is 14.1. The van der Waals surface area contributed by atoms with E-state index in [1.165, 1.54) is 26.4 Å². The van der Waals surface area contributed by atoms with Crippen LogP contribution in [0, 0.1) is 12.7 Å². The zero-order chi connectivity index (χ0) is 30.7. The third kappa shape index (κ3) is 7.53. The van der Waals surface area contributed by atoms with Crippen molar-refractivity contribution in [3.05, 3.63) is 70.3 Å². The van der Waals surface area contributed by atoms with Crippen LogP contribution >= 0.6 is 11.6 Å². The average molecular weight is 617 g/mol. The van der Waals surface area contributed by atoms with Crippen LogP contribution in [0.5, 0.6) is 5.75 Å². The van der Waals surface area contributed by atoms with Crippen molar-refractivity contribution >= 4 is 39.0 Å². The molecule has 220 valence electrons. The number of amides is 1. The van der Waals surface area contributed by atoms with Crippen molar-refractivity contribution in [3.63, 3.8) is 0 Å². The molecule has 0 aliphatic heterocycles. The molecule has 0 aliphatic rings. The molecule has 14 heteroatoms. The summed E-state index contributed by atoms with van der Waals surface area (Å²) in [7, 11) is -1.75. The van der Waals surface area contributed by atoms with Crippen molar-refractivity contribution in [2.24, 2.45) is 0 Å². The van der Waals surface area contributed by atoms with E-state index in [9.17, 15) is 35.6 Å². The zero-order valence-electron chi connectivity index (χ0n) is 22.1. The van der Waals surface area contributed by atoms with Gasteiger partial charge in [-0.1, -0.05) is 11.6 Å². The summed E-state index contributed by atoms with van der Waals surface area (Å²) in [6.07, 6.45) is -4.09. The van der Waals surface area contributed by atoms with E-state index in [2.05, 4.69) is 4.98 Å². The van der Waals surface area contributed by atoms with Crippen LogP contribution in [0.25, 0.3) is 11.1 Å². The Kier molecular flexibility index (Phi) is 9.65. The summed E-state index contributed by atoms with van der Waals surface area (Å²) in [6, 6.07) is 5.68. The first-order valence-electron chi connectivity index (χ1n) is 12.0. The van der Waals surface area contributed by atoms with Gasteiger partial charge in [-0.3, -0.25) is 14.6 Å². The number of benzene rings is 2. The fourth-order valence-corrected chi connectivity index (χ4v) is 5.60. The number of nitrogens with zero attached hydrogens (tertiary/aromatic N) is 2. The molecule has 0 saturated heterocycles. The number of alkyl halides is 3. The van der Waals surface area contributed by atoms with Gasteiger partial charge in [-0.25, -0.2) is 12.8 Å². The highest BCUT2D eigenvalue weighted by Gasteiger charge is 2.34.